The summed E-state index contributed by atoms with van der Waals surface area (Å²) in [5, 5.41) is 9.68. The number of esters is 2. The van der Waals surface area contributed by atoms with Crippen molar-refractivity contribution in [3.05, 3.63) is 57.9 Å². The second-order valence-electron chi connectivity index (χ2n) is 7.04. The highest BCUT2D eigenvalue weighted by Gasteiger charge is 2.42. The first-order valence-electron chi connectivity index (χ1n) is 10.1. The molecule has 0 amide bonds. The van der Waals surface area contributed by atoms with Gasteiger partial charge in [-0.15, -0.1) is 0 Å². The Balaban J connectivity index is 2.30. The third-order valence-electron chi connectivity index (χ3n) is 5.44. The average molecular weight is 394 g/mol. The normalized spacial score (nSPS) is 18.8. The molecule has 6 nitrogen and oxygen atoms in total. The zero-order valence-electron chi connectivity index (χ0n) is 17.2. The summed E-state index contributed by atoms with van der Waals surface area (Å²) < 4.78 is 10.8. The Labute approximate surface area is 171 Å². The van der Waals surface area contributed by atoms with E-state index in [0.717, 1.165) is 37.2 Å². The molecule has 1 saturated heterocycles. The van der Waals surface area contributed by atoms with E-state index < -0.39 is 17.9 Å². The van der Waals surface area contributed by atoms with Gasteiger partial charge in [-0.1, -0.05) is 18.2 Å². The lowest BCUT2D eigenvalue weighted by atomic mass is 9.76. The van der Waals surface area contributed by atoms with E-state index in [4.69, 9.17) is 9.47 Å². The van der Waals surface area contributed by atoms with Gasteiger partial charge < -0.3 is 14.4 Å². The van der Waals surface area contributed by atoms with E-state index in [0.29, 0.717) is 22.3 Å². The SMILES string of the molecule is CCOC(=O)C1=C(C)N2CCCCC2=C(C(=O)OCC)C1c1ccccc1C#N. The van der Waals surface area contributed by atoms with Crippen molar-refractivity contribution in [3.8, 4) is 6.07 Å². The maximum atomic E-state index is 13.1. The maximum absolute atomic E-state index is 13.1. The van der Waals surface area contributed by atoms with Crippen molar-refractivity contribution in [1.29, 1.82) is 5.26 Å². The summed E-state index contributed by atoms with van der Waals surface area (Å²) >= 11 is 0. The molecular formula is C23H26N2O4. The average Bonchev–Trinajstić information content (AvgIpc) is 2.73. The van der Waals surface area contributed by atoms with Crippen LogP contribution in [0.2, 0.25) is 0 Å². The van der Waals surface area contributed by atoms with Crippen molar-refractivity contribution in [2.24, 2.45) is 0 Å². The summed E-state index contributed by atoms with van der Waals surface area (Å²) in [4.78, 5) is 28.2. The molecular weight excluding hydrogens is 368 g/mol. The second kappa shape index (κ2) is 8.95. The van der Waals surface area contributed by atoms with E-state index in [1.54, 1.807) is 32.0 Å². The Kier molecular flexibility index (Phi) is 6.38. The number of ether oxygens (including phenoxy) is 2. The predicted octanol–water partition coefficient (Wildman–Crippen LogP) is 3.80. The summed E-state index contributed by atoms with van der Waals surface area (Å²) in [5.41, 5.74) is 3.57. The minimum Gasteiger partial charge on any atom is -0.463 e. The predicted molar refractivity (Wildman–Crippen MR) is 107 cm³/mol. The van der Waals surface area contributed by atoms with Crippen LogP contribution in [-0.2, 0) is 19.1 Å². The summed E-state index contributed by atoms with van der Waals surface area (Å²) in [6, 6.07) is 9.29. The summed E-state index contributed by atoms with van der Waals surface area (Å²) in [7, 11) is 0. The Bertz CT molecular complexity index is 923. The van der Waals surface area contributed by atoms with Crippen LogP contribution in [0.5, 0.6) is 0 Å². The smallest absolute Gasteiger partial charge is 0.336 e. The number of hydrogen-bond donors (Lipinski definition) is 0. The fourth-order valence-corrected chi connectivity index (χ4v) is 4.23. The third kappa shape index (κ3) is 3.77. The van der Waals surface area contributed by atoms with Gasteiger partial charge in [0.2, 0.25) is 0 Å². The first-order valence-corrected chi connectivity index (χ1v) is 10.1. The number of carbonyl (C=O) groups is 2. The van der Waals surface area contributed by atoms with Crippen LogP contribution in [0.25, 0.3) is 0 Å². The van der Waals surface area contributed by atoms with Gasteiger partial charge in [-0.2, -0.15) is 5.26 Å². The molecule has 1 atom stereocenters. The van der Waals surface area contributed by atoms with Gasteiger partial charge in [0, 0.05) is 17.9 Å². The lowest BCUT2D eigenvalue weighted by Crippen LogP contribution is -2.38. The zero-order chi connectivity index (χ0) is 21.0. The van der Waals surface area contributed by atoms with Crippen molar-refractivity contribution < 1.29 is 19.1 Å². The van der Waals surface area contributed by atoms with Gasteiger partial charge in [0.25, 0.3) is 0 Å². The second-order valence-corrected chi connectivity index (χ2v) is 7.04. The van der Waals surface area contributed by atoms with Crippen molar-refractivity contribution in [2.75, 3.05) is 19.8 Å². The number of nitrogens with zero attached hydrogens (tertiary/aromatic N) is 2. The van der Waals surface area contributed by atoms with Crippen molar-refractivity contribution >= 4 is 11.9 Å². The van der Waals surface area contributed by atoms with Crippen LogP contribution < -0.4 is 0 Å². The first kappa shape index (κ1) is 20.7. The number of allylic oxidation sites excluding steroid dienone is 2. The van der Waals surface area contributed by atoms with E-state index in [2.05, 4.69) is 6.07 Å². The molecule has 1 aromatic carbocycles. The lowest BCUT2D eigenvalue weighted by Gasteiger charge is -2.41. The van der Waals surface area contributed by atoms with Crippen molar-refractivity contribution in [1.82, 2.24) is 4.90 Å². The number of rotatable bonds is 5. The minimum absolute atomic E-state index is 0.230. The highest BCUT2D eigenvalue weighted by Crippen LogP contribution is 2.46. The van der Waals surface area contributed by atoms with Crippen LogP contribution in [0, 0.1) is 11.3 Å². The number of hydrogen-bond acceptors (Lipinski definition) is 6. The van der Waals surface area contributed by atoms with Crippen molar-refractivity contribution in [2.45, 2.75) is 46.0 Å². The minimum atomic E-state index is -0.687. The number of piperidine rings is 1. The molecule has 0 aromatic heterocycles. The Hall–Kier alpha value is -3.07. The molecule has 2 aliphatic heterocycles. The van der Waals surface area contributed by atoms with E-state index in [1.807, 2.05) is 17.9 Å². The Morgan fingerprint density at radius 2 is 1.76 bits per heavy atom. The van der Waals surface area contributed by atoms with Crippen LogP contribution in [-0.4, -0.2) is 36.6 Å². The zero-order valence-corrected chi connectivity index (χ0v) is 17.2. The Morgan fingerprint density at radius 3 is 2.41 bits per heavy atom. The molecule has 1 fully saturated rings. The molecule has 0 aliphatic carbocycles. The molecule has 0 radical (unpaired) electrons. The Morgan fingerprint density at radius 1 is 1.10 bits per heavy atom. The fourth-order valence-electron chi connectivity index (χ4n) is 4.23. The molecule has 2 aliphatic rings. The molecule has 0 saturated carbocycles. The van der Waals surface area contributed by atoms with Crippen LogP contribution in [0.4, 0.5) is 0 Å². The van der Waals surface area contributed by atoms with Gasteiger partial charge >= 0.3 is 11.9 Å². The van der Waals surface area contributed by atoms with Gasteiger partial charge in [-0.05, 0) is 51.7 Å². The van der Waals surface area contributed by atoms with E-state index in [1.165, 1.54) is 0 Å². The van der Waals surface area contributed by atoms with E-state index in [-0.39, 0.29) is 13.2 Å². The number of carbonyl (C=O) groups excluding carboxylic acids is 2. The van der Waals surface area contributed by atoms with E-state index in [9.17, 15) is 14.9 Å². The molecule has 2 heterocycles. The summed E-state index contributed by atoms with van der Waals surface area (Å²) in [6.07, 6.45) is 2.67. The van der Waals surface area contributed by atoms with Gasteiger partial charge in [0.05, 0.1) is 41.9 Å². The monoisotopic (exact) mass is 394 g/mol. The third-order valence-corrected chi connectivity index (χ3v) is 5.44. The molecule has 0 N–H and O–H groups in total. The van der Waals surface area contributed by atoms with Crippen LogP contribution >= 0.6 is 0 Å². The van der Waals surface area contributed by atoms with E-state index >= 15 is 0 Å². The molecule has 3 rings (SSSR count). The van der Waals surface area contributed by atoms with Gasteiger partial charge in [-0.25, -0.2) is 9.59 Å². The topological polar surface area (TPSA) is 79.6 Å². The highest BCUT2D eigenvalue weighted by atomic mass is 16.5. The molecule has 1 aromatic rings. The first-order chi connectivity index (χ1) is 14.0. The standard InChI is InChI=1S/C23H26N2O4/c1-4-28-22(26)19-15(3)25-13-9-8-12-18(25)21(23(27)29-5-2)20(19)17-11-7-6-10-16(17)14-24/h6-7,10-11,20H,4-5,8-9,12-13H2,1-3H3. The molecule has 0 bridgehead atoms. The fraction of sp³-hybridized carbons (Fsp3) is 0.435. The molecule has 152 valence electrons. The molecule has 29 heavy (non-hydrogen) atoms. The van der Waals surface area contributed by atoms with Crippen LogP contribution in [0.15, 0.2) is 46.8 Å². The summed E-state index contributed by atoms with van der Waals surface area (Å²) in [6.45, 7) is 6.60. The van der Waals surface area contributed by atoms with Crippen LogP contribution in [0.1, 0.15) is 57.1 Å². The quantitative estimate of drug-likeness (QED) is 0.707. The molecule has 0 spiro atoms. The lowest BCUT2D eigenvalue weighted by molar-refractivity contribution is -0.139. The van der Waals surface area contributed by atoms with Crippen LogP contribution in [0.3, 0.4) is 0 Å². The number of fused-ring (bicyclic) bond motifs is 1. The molecule has 6 heteroatoms. The largest absolute Gasteiger partial charge is 0.463 e. The maximum Gasteiger partial charge on any atom is 0.336 e. The van der Waals surface area contributed by atoms with Gasteiger partial charge in [0.1, 0.15) is 0 Å². The number of benzene rings is 1. The van der Waals surface area contributed by atoms with Gasteiger partial charge in [0.15, 0.2) is 0 Å². The number of nitriles is 1. The molecule has 1 unspecified atom stereocenters. The highest BCUT2D eigenvalue weighted by molar-refractivity contribution is 6.00. The van der Waals surface area contributed by atoms with Crippen molar-refractivity contribution in [3.63, 3.8) is 0 Å². The van der Waals surface area contributed by atoms with Gasteiger partial charge in [-0.3, -0.25) is 0 Å². The summed E-state index contributed by atoms with van der Waals surface area (Å²) in [5.74, 6) is -1.59.